The summed E-state index contributed by atoms with van der Waals surface area (Å²) >= 11 is 0. The molecule has 4 heterocycles. The van der Waals surface area contributed by atoms with Crippen LogP contribution < -0.4 is 32.8 Å². The zero-order valence-electron chi connectivity index (χ0n) is 36.2. The van der Waals surface area contributed by atoms with Crippen molar-refractivity contribution in [1.82, 2.24) is 19.1 Å². The van der Waals surface area contributed by atoms with E-state index in [9.17, 15) is 0 Å². The molecule has 0 saturated heterocycles. The molecule has 0 saturated carbocycles. The maximum absolute atomic E-state index is 6.87. The lowest BCUT2D eigenvalue weighted by molar-refractivity contribution is 0.669. The molecule has 11 heteroatoms. The van der Waals surface area contributed by atoms with Crippen molar-refractivity contribution in [2.75, 3.05) is 0 Å². The molecule has 0 amide bonds. The minimum atomic E-state index is 0.626. The zero-order chi connectivity index (χ0) is 42.7. The van der Waals surface area contributed by atoms with Gasteiger partial charge in [-0.1, -0.05) is 148 Å². The van der Waals surface area contributed by atoms with E-state index in [-0.39, 0.29) is 0 Å². The first-order valence-corrected chi connectivity index (χ1v) is 21.7. The minimum absolute atomic E-state index is 0.626. The maximum Gasteiger partial charge on any atom is 0.164 e. The van der Waals surface area contributed by atoms with Crippen LogP contribution in [0.4, 0.5) is 0 Å². The number of fused-ring (bicyclic) bond motifs is 10. The third kappa shape index (κ3) is 5.65. The summed E-state index contributed by atoms with van der Waals surface area (Å²) in [5.41, 5.74) is 21.0. The smallest absolute Gasteiger partial charge is 0.164 e. The average Bonchev–Trinajstić information content (AvgIpc) is 3.97. The Kier molecular flexibility index (Phi) is 8.36. The minimum Gasteiger partial charge on any atom is -0.455 e. The largest absolute Gasteiger partial charge is 0.455 e. The second-order valence-corrected chi connectivity index (χ2v) is 17.3. The third-order valence-electron chi connectivity index (χ3n) is 13.2. The van der Waals surface area contributed by atoms with E-state index in [0.717, 1.165) is 61.4 Å². The van der Waals surface area contributed by atoms with Gasteiger partial charge in [-0.25, -0.2) is 9.97 Å². The van der Waals surface area contributed by atoms with Crippen molar-refractivity contribution in [3.63, 3.8) is 0 Å². The van der Waals surface area contributed by atoms with Crippen molar-refractivity contribution in [3.05, 3.63) is 158 Å². The summed E-state index contributed by atoms with van der Waals surface area (Å²) in [6.07, 6.45) is 0. The van der Waals surface area contributed by atoms with E-state index in [0.29, 0.717) is 5.82 Å². The highest BCUT2D eigenvalue weighted by Gasteiger charge is 2.27. The normalized spacial score (nSPS) is 11.9. The monoisotopic (exact) mass is 800 g/mol. The van der Waals surface area contributed by atoms with Crippen LogP contribution in [0.5, 0.6) is 0 Å². The van der Waals surface area contributed by atoms with Gasteiger partial charge in [0.1, 0.15) is 58.2 Å². The topological polar surface area (TPSA) is 48.8 Å². The number of furan rings is 1. The van der Waals surface area contributed by atoms with Crippen LogP contribution in [0.2, 0.25) is 0 Å². The highest BCUT2D eigenvalue weighted by atomic mass is 16.3. The highest BCUT2D eigenvalue weighted by Crippen LogP contribution is 2.41. The van der Waals surface area contributed by atoms with E-state index in [1.54, 1.807) is 0 Å². The number of rotatable bonds is 5. The van der Waals surface area contributed by atoms with E-state index in [1.807, 2.05) is 36.4 Å². The SMILES string of the molecule is Bc1cc(B)c2c(c1)c1c(B)c(B)c3c4cc(B)cc(B)c4n(-c4ccc5oc6c(-c7nc(-c8ccccc8)cc(-c8ccccc8)n7)cccc6c5c4)c3c1n2-c1ccccc1. The molecule has 12 aromatic rings. The summed E-state index contributed by atoms with van der Waals surface area (Å²) in [5.74, 6) is 0.626. The number of benzene rings is 8. The lowest BCUT2D eigenvalue weighted by Gasteiger charge is -2.15. The molecule has 12 rings (SSSR count). The maximum atomic E-state index is 6.87. The lowest BCUT2D eigenvalue weighted by atomic mass is 9.74. The molecule has 63 heavy (non-hydrogen) atoms. The first kappa shape index (κ1) is 37.4. The number of nitrogens with zero attached hydrogens (tertiary/aromatic N) is 4. The van der Waals surface area contributed by atoms with E-state index < -0.39 is 0 Å². The molecule has 0 atom stereocenters. The van der Waals surface area contributed by atoms with Crippen LogP contribution in [-0.4, -0.2) is 66.2 Å². The third-order valence-corrected chi connectivity index (χ3v) is 13.2. The molecule has 0 bridgehead atoms. The van der Waals surface area contributed by atoms with E-state index in [2.05, 4.69) is 178 Å². The van der Waals surface area contributed by atoms with E-state index >= 15 is 0 Å². The van der Waals surface area contributed by atoms with Crippen LogP contribution in [-0.2, 0) is 0 Å². The van der Waals surface area contributed by atoms with Gasteiger partial charge in [0, 0.05) is 65.9 Å². The van der Waals surface area contributed by atoms with Crippen LogP contribution in [0.15, 0.2) is 162 Å². The van der Waals surface area contributed by atoms with Crippen LogP contribution in [0.1, 0.15) is 0 Å². The predicted octanol–water partition coefficient (Wildman–Crippen LogP) is 3.12. The molecule has 0 aliphatic rings. The Balaban J connectivity index is 1.17. The molecule has 290 valence electrons. The molecule has 4 aromatic heterocycles. The molecular formula is C52H38B6N4O. The van der Waals surface area contributed by atoms with Crippen molar-refractivity contribution < 1.29 is 4.42 Å². The first-order chi connectivity index (χ1) is 30.7. The van der Waals surface area contributed by atoms with Gasteiger partial charge in [0.25, 0.3) is 0 Å². The summed E-state index contributed by atoms with van der Waals surface area (Å²) in [7, 11) is 13.6. The van der Waals surface area contributed by atoms with Crippen molar-refractivity contribution in [1.29, 1.82) is 0 Å². The number of hydrogen-bond acceptors (Lipinski definition) is 3. The number of aromatic nitrogens is 4. The second-order valence-electron chi connectivity index (χ2n) is 17.3. The first-order valence-electron chi connectivity index (χ1n) is 21.7. The number of para-hydroxylation sites is 2. The quantitative estimate of drug-likeness (QED) is 0.252. The Morgan fingerprint density at radius 1 is 0.413 bits per heavy atom. The summed E-state index contributed by atoms with van der Waals surface area (Å²) in [6.45, 7) is 0. The molecule has 0 fully saturated rings. The fourth-order valence-electron chi connectivity index (χ4n) is 10.5. The van der Waals surface area contributed by atoms with Crippen molar-refractivity contribution >= 4 is 145 Å². The summed E-state index contributed by atoms with van der Waals surface area (Å²) in [5, 5.41) is 7.22. The van der Waals surface area contributed by atoms with Gasteiger partial charge in [-0.15, -0.1) is 0 Å². The molecule has 0 spiro atoms. The molecule has 0 unspecified atom stereocenters. The standard InChI is InChI=1S/C52H38B6N4O/c53-29-21-36-43-45(57)46(58)44-37-22-30(54)24-39(56)48(37)62(50(44)49(43)61(47(36)38(55)23-29)31-15-8-3-9-16-31)32-19-20-42-35(25-32)33-17-10-18-34(51(33)63-42)52-59-40(27-11-4-1-5-12-27)26-41(60-52)28-13-6-2-7-14-28/h1-26H,53-58H2. The van der Waals surface area contributed by atoms with Gasteiger partial charge in [-0.05, 0) is 42.5 Å². The molecule has 0 aliphatic heterocycles. The van der Waals surface area contributed by atoms with Gasteiger partial charge in [-0.2, -0.15) is 0 Å². The Bertz CT molecular complexity index is 3800. The molecule has 5 nitrogen and oxygen atoms in total. The second kappa shape index (κ2) is 14.1. The fraction of sp³-hybridized carbons (Fsp3) is 0. The van der Waals surface area contributed by atoms with Crippen molar-refractivity contribution in [2.45, 2.75) is 0 Å². The fourth-order valence-corrected chi connectivity index (χ4v) is 10.5. The van der Waals surface area contributed by atoms with Crippen LogP contribution in [0.25, 0.3) is 111 Å². The van der Waals surface area contributed by atoms with Gasteiger partial charge >= 0.3 is 0 Å². The molecular weight excluding hydrogens is 761 g/mol. The van der Waals surface area contributed by atoms with Crippen LogP contribution in [0, 0.1) is 0 Å². The Hall–Kier alpha value is -7.37. The van der Waals surface area contributed by atoms with Crippen molar-refractivity contribution in [3.8, 4) is 45.3 Å². The van der Waals surface area contributed by atoms with Gasteiger partial charge < -0.3 is 13.6 Å². The highest BCUT2D eigenvalue weighted by molar-refractivity contribution is 6.61. The molecule has 8 aromatic carbocycles. The van der Waals surface area contributed by atoms with Crippen LogP contribution in [0.3, 0.4) is 0 Å². The van der Waals surface area contributed by atoms with E-state index in [4.69, 9.17) is 14.4 Å². The average molecular weight is 800 g/mol. The molecule has 0 N–H and O–H groups in total. The molecule has 0 aliphatic carbocycles. The van der Waals surface area contributed by atoms with Gasteiger partial charge in [0.05, 0.1) is 28.0 Å². The summed E-state index contributed by atoms with van der Waals surface area (Å²) in [6, 6.07) is 56.1. The Morgan fingerprint density at radius 3 is 1.49 bits per heavy atom. The number of hydrogen-bond donors (Lipinski definition) is 0. The van der Waals surface area contributed by atoms with Crippen LogP contribution >= 0.6 is 0 Å². The predicted molar refractivity (Wildman–Crippen MR) is 283 cm³/mol. The lowest BCUT2D eigenvalue weighted by Crippen LogP contribution is -2.27. The van der Waals surface area contributed by atoms with E-state index in [1.165, 1.54) is 76.4 Å². The Morgan fingerprint density at radius 2 is 0.937 bits per heavy atom. The molecule has 0 radical (unpaired) electrons. The zero-order valence-corrected chi connectivity index (χ0v) is 36.2. The van der Waals surface area contributed by atoms with Gasteiger partial charge in [0.15, 0.2) is 5.82 Å². The van der Waals surface area contributed by atoms with Gasteiger partial charge in [-0.3, -0.25) is 0 Å². The summed E-state index contributed by atoms with van der Waals surface area (Å²) < 4.78 is 11.9. The van der Waals surface area contributed by atoms with Crippen molar-refractivity contribution in [2.24, 2.45) is 0 Å². The Labute approximate surface area is 370 Å². The van der Waals surface area contributed by atoms with Gasteiger partial charge in [0.2, 0.25) is 0 Å². The summed E-state index contributed by atoms with van der Waals surface area (Å²) in [4.78, 5) is 10.4.